The molecule has 1 aliphatic carbocycles. The van der Waals surface area contributed by atoms with Crippen LogP contribution in [0.15, 0.2) is 36.4 Å². The maximum absolute atomic E-state index is 14.4. The van der Waals surface area contributed by atoms with Crippen molar-refractivity contribution in [3.05, 3.63) is 53.5 Å². The van der Waals surface area contributed by atoms with Crippen molar-refractivity contribution in [3.8, 4) is 11.1 Å². The molecule has 2 heterocycles. The Morgan fingerprint density at radius 3 is 2.36 bits per heavy atom. The molecule has 0 saturated heterocycles. The zero-order valence-electron chi connectivity index (χ0n) is 25.1. The molecule has 42 heavy (non-hydrogen) atoms. The van der Waals surface area contributed by atoms with E-state index in [1.807, 2.05) is 31.1 Å². The number of likely N-dealkylation sites (N-methyl/N-ethyl adjacent to an activating group) is 1. The molecule has 4 N–H and O–H groups in total. The SMILES string of the molecule is CCC1(CC)CC(=O)n2c(c(-c3ccc(C(N)=O)c(N[C@H]4CC[C@H](NC(=O)CN(C)C)CC4)c3)c3ccc(F)cc32)C1. The van der Waals surface area contributed by atoms with Crippen LogP contribution in [-0.4, -0.2) is 59.9 Å². The number of amides is 2. The average molecular weight is 576 g/mol. The predicted octanol–water partition coefficient (Wildman–Crippen LogP) is 5.34. The third-order valence-corrected chi connectivity index (χ3v) is 9.33. The lowest BCUT2D eigenvalue weighted by molar-refractivity contribution is -0.122. The van der Waals surface area contributed by atoms with Crippen LogP contribution in [0, 0.1) is 11.2 Å². The summed E-state index contributed by atoms with van der Waals surface area (Å²) in [4.78, 5) is 40.1. The topological polar surface area (TPSA) is 109 Å². The number of hydrogen-bond acceptors (Lipinski definition) is 5. The molecule has 3 aromatic rings. The molecule has 0 unspecified atom stereocenters. The van der Waals surface area contributed by atoms with E-state index in [2.05, 4.69) is 24.5 Å². The van der Waals surface area contributed by atoms with Gasteiger partial charge in [0.05, 0.1) is 17.6 Å². The van der Waals surface area contributed by atoms with Crippen molar-refractivity contribution in [2.75, 3.05) is 26.0 Å². The lowest BCUT2D eigenvalue weighted by Crippen LogP contribution is -2.43. The van der Waals surface area contributed by atoms with Gasteiger partial charge in [0.1, 0.15) is 5.82 Å². The fourth-order valence-electron chi connectivity index (χ4n) is 6.85. The van der Waals surface area contributed by atoms with E-state index in [9.17, 15) is 18.8 Å². The van der Waals surface area contributed by atoms with Crippen molar-refractivity contribution in [2.45, 2.75) is 77.3 Å². The van der Waals surface area contributed by atoms with Crippen LogP contribution in [0.4, 0.5) is 10.1 Å². The van der Waals surface area contributed by atoms with Crippen LogP contribution < -0.4 is 16.4 Å². The number of hydrogen-bond donors (Lipinski definition) is 3. The minimum Gasteiger partial charge on any atom is -0.382 e. The third kappa shape index (κ3) is 5.79. The fourth-order valence-corrected chi connectivity index (χ4v) is 6.85. The zero-order valence-corrected chi connectivity index (χ0v) is 25.1. The maximum atomic E-state index is 14.4. The number of aromatic nitrogens is 1. The van der Waals surface area contributed by atoms with Gasteiger partial charge in [0.25, 0.3) is 5.91 Å². The average Bonchev–Trinajstić information content (AvgIpc) is 3.26. The first-order valence-corrected chi connectivity index (χ1v) is 15.0. The summed E-state index contributed by atoms with van der Waals surface area (Å²) in [6.45, 7) is 4.61. The smallest absolute Gasteiger partial charge is 0.250 e. The number of primary amides is 1. The van der Waals surface area contributed by atoms with Crippen molar-refractivity contribution in [3.63, 3.8) is 0 Å². The normalized spacial score (nSPS) is 20.0. The second-order valence-corrected chi connectivity index (χ2v) is 12.4. The summed E-state index contributed by atoms with van der Waals surface area (Å²) in [5.41, 5.74) is 9.91. The Morgan fingerprint density at radius 2 is 1.71 bits per heavy atom. The number of anilines is 1. The first-order chi connectivity index (χ1) is 20.0. The molecule has 0 bridgehead atoms. The number of fused-ring (bicyclic) bond motifs is 3. The first-order valence-electron chi connectivity index (χ1n) is 15.0. The summed E-state index contributed by atoms with van der Waals surface area (Å²) in [5.74, 6) is -0.893. The van der Waals surface area contributed by atoms with Gasteiger partial charge in [-0.15, -0.1) is 0 Å². The van der Waals surface area contributed by atoms with E-state index < -0.39 is 5.91 Å². The standard InChI is InChI=1S/C33H42FN5O3/c1-5-33(6-2)17-28-31(25-14-8-21(34)16-27(25)39(28)30(41)18-33)20-7-13-24(32(35)42)26(15-20)36-22-9-11-23(12-10-22)37-29(40)19-38(3)4/h7-8,13-16,22-23,36H,5-6,9-12,17-19H2,1-4H3,(H2,35,42)(H,37,40)/t22-,23-. The molecule has 8 nitrogen and oxygen atoms in total. The van der Waals surface area contributed by atoms with Crippen molar-refractivity contribution < 1.29 is 18.8 Å². The van der Waals surface area contributed by atoms with E-state index >= 15 is 0 Å². The van der Waals surface area contributed by atoms with Gasteiger partial charge in [0, 0.05) is 40.8 Å². The molecule has 2 aliphatic rings. The van der Waals surface area contributed by atoms with Gasteiger partial charge in [0.2, 0.25) is 11.8 Å². The third-order valence-electron chi connectivity index (χ3n) is 9.33. The van der Waals surface area contributed by atoms with E-state index in [-0.39, 0.29) is 35.1 Å². The molecule has 9 heteroatoms. The Kier molecular flexibility index (Phi) is 8.42. The molecule has 0 atom stereocenters. The number of nitrogens with two attached hydrogens (primary N) is 1. The summed E-state index contributed by atoms with van der Waals surface area (Å²) in [6.07, 6.45) is 6.23. The highest BCUT2D eigenvalue weighted by Gasteiger charge is 2.39. The summed E-state index contributed by atoms with van der Waals surface area (Å²) >= 11 is 0. The summed E-state index contributed by atoms with van der Waals surface area (Å²) in [6, 6.07) is 10.4. The Labute approximate surface area is 246 Å². The minimum atomic E-state index is -0.523. The molecule has 2 amide bonds. The lowest BCUT2D eigenvalue weighted by Gasteiger charge is -2.36. The molecular weight excluding hydrogens is 533 g/mol. The predicted molar refractivity (Wildman–Crippen MR) is 164 cm³/mol. The van der Waals surface area contributed by atoms with E-state index in [1.165, 1.54) is 12.1 Å². The fraction of sp³-hybridized carbons (Fsp3) is 0.485. The lowest BCUT2D eigenvalue weighted by atomic mass is 9.72. The number of rotatable bonds is 9. The number of carbonyl (C=O) groups is 3. The van der Waals surface area contributed by atoms with Gasteiger partial charge in [-0.3, -0.25) is 19.0 Å². The molecule has 5 rings (SSSR count). The summed E-state index contributed by atoms with van der Waals surface area (Å²) < 4.78 is 16.1. The van der Waals surface area contributed by atoms with Gasteiger partial charge < -0.3 is 21.3 Å². The highest BCUT2D eigenvalue weighted by atomic mass is 19.1. The monoisotopic (exact) mass is 575 g/mol. The van der Waals surface area contributed by atoms with Crippen molar-refractivity contribution in [2.24, 2.45) is 11.1 Å². The summed E-state index contributed by atoms with van der Waals surface area (Å²) in [7, 11) is 3.75. The second-order valence-electron chi connectivity index (χ2n) is 12.4. The van der Waals surface area contributed by atoms with Crippen molar-refractivity contribution in [1.29, 1.82) is 0 Å². The molecule has 1 saturated carbocycles. The molecule has 1 aliphatic heterocycles. The molecular formula is C33H42FN5O3. The Bertz CT molecular complexity index is 1520. The van der Waals surface area contributed by atoms with Gasteiger partial charge in [0.15, 0.2) is 0 Å². The van der Waals surface area contributed by atoms with Crippen LogP contribution in [0.2, 0.25) is 0 Å². The van der Waals surface area contributed by atoms with Crippen LogP contribution >= 0.6 is 0 Å². The van der Waals surface area contributed by atoms with Gasteiger partial charge in [-0.25, -0.2) is 4.39 Å². The van der Waals surface area contributed by atoms with Crippen molar-refractivity contribution in [1.82, 2.24) is 14.8 Å². The highest BCUT2D eigenvalue weighted by Crippen LogP contribution is 2.46. The van der Waals surface area contributed by atoms with Gasteiger partial charge in [-0.1, -0.05) is 19.9 Å². The van der Waals surface area contributed by atoms with Gasteiger partial charge >= 0.3 is 0 Å². The van der Waals surface area contributed by atoms with E-state index in [1.54, 1.807) is 16.7 Å². The highest BCUT2D eigenvalue weighted by molar-refractivity contribution is 6.06. The zero-order chi connectivity index (χ0) is 30.2. The molecule has 2 aromatic carbocycles. The van der Waals surface area contributed by atoms with Gasteiger partial charge in [-0.2, -0.15) is 0 Å². The first kappa shape index (κ1) is 29.8. The molecule has 0 radical (unpaired) electrons. The number of halogens is 1. The minimum absolute atomic E-state index is 0.0108. The Hall–Kier alpha value is -3.72. The number of nitrogens with zero attached hydrogens (tertiary/aromatic N) is 2. The van der Waals surface area contributed by atoms with E-state index in [0.717, 1.165) is 60.7 Å². The number of benzene rings is 2. The summed E-state index contributed by atoms with van der Waals surface area (Å²) in [5, 5.41) is 7.51. The van der Waals surface area contributed by atoms with E-state index in [4.69, 9.17) is 5.73 Å². The molecule has 1 fully saturated rings. The van der Waals surface area contributed by atoms with Crippen LogP contribution in [0.5, 0.6) is 0 Å². The molecule has 224 valence electrons. The van der Waals surface area contributed by atoms with Crippen LogP contribution in [0.25, 0.3) is 22.0 Å². The quantitative estimate of drug-likeness (QED) is 0.319. The number of carbonyl (C=O) groups excluding carboxylic acids is 3. The second kappa shape index (κ2) is 11.9. The Morgan fingerprint density at radius 1 is 1.02 bits per heavy atom. The maximum Gasteiger partial charge on any atom is 0.250 e. The van der Waals surface area contributed by atoms with Crippen LogP contribution in [0.3, 0.4) is 0 Å². The molecule has 0 spiro atoms. The van der Waals surface area contributed by atoms with Crippen molar-refractivity contribution >= 4 is 34.3 Å². The largest absolute Gasteiger partial charge is 0.382 e. The van der Waals surface area contributed by atoms with Crippen LogP contribution in [0.1, 0.15) is 79.6 Å². The molecule has 1 aromatic heterocycles. The Balaban J connectivity index is 1.49. The van der Waals surface area contributed by atoms with Gasteiger partial charge in [-0.05, 0) is 100 Å². The van der Waals surface area contributed by atoms with Crippen LogP contribution in [-0.2, 0) is 11.2 Å². The van der Waals surface area contributed by atoms with E-state index in [0.29, 0.717) is 36.2 Å². The number of nitrogens with one attached hydrogen (secondary N) is 2.